The lowest BCUT2D eigenvalue weighted by atomic mass is 9.60. The van der Waals surface area contributed by atoms with Crippen LogP contribution in [0.5, 0.6) is 11.5 Å². The maximum atomic E-state index is 14.2. The SMILES string of the molecule is CC(CC1(CC2(CC(C)C(=O)Oc3ccccc3)c3ccccc3-c3nc4ccccc4nc32)c2ccccc2-c2nc3ccccc3nc21)C(=O)Oc1ccccc1. The Morgan fingerprint density at radius 1 is 0.458 bits per heavy atom. The molecule has 0 spiro atoms. The van der Waals surface area contributed by atoms with E-state index in [-0.39, 0.29) is 11.9 Å². The average Bonchev–Trinajstić information content (AvgIpc) is 3.67. The quantitative estimate of drug-likeness (QED) is 0.1000. The van der Waals surface area contributed by atoms with Crippen molar-refractivity contribution in [3.05, 3.63) is 180 Å². The van der Waals surface area contributed by atoms with Crippen LogP contribution in [0.4, 0.5) is 0 Å². The second kappa shape index (κ2) is 14.4. The first kappa shape index (κ1) is 36.3. The molecule has 0 saturated carbocycles. The lowest BCUT2D eigenvalue weighted by Crippen LogP contribution is -2.42. The number of esters is 2. The lowest BCUT2D eigenvalue weighted by Gasteiger charge is -2.43. The molecule has 0 saturated heterocycles. The van der Waals surface area contributed by atoms with E-state index in [1.165, 1.54) is 0 Å². The molecule has 2 aliphatic carbocycles. The minimum atomic E-state index is -0.914. The standard InChI is InChI=1S/C51H40N4O4/c1-32(48(56)58-34-17-5-3-6-18-34)29-50(38-23-11-9-21-36(38)44-46(50)54-42-27-15-13-25-40(42)52-44)31-51(30-33(2)49(57)59-35-19-7-4-8-20-35)39-24-12-10-22-37(39)45-47(51)55-43-28-16-14-26-41(43)53-45/h3-28,32-33H,29-31H2,1-2H3. The first-order valence-electron chi connectivity index (χ1n) is 20.1. The van der Waals surface area contributed by atoms with E-state index in [1.807, 2.05) is 123 Å². The Kier molecular flexibility index (Phi) is 8.86. The summed E-state index contributed by atoms with van der Waals surface area (Å²) in [6.45, 7) is 3.86. The topological polar surface area (TPSA) is 104 Å². The van der Waals surface area contributed by atoms with Gasteiger partial charge in [-0.15, -0.1) is 0 Å². The Morgan fingerprint density at radius 3 is 1.20 bits per heavy atom. The predicted molar refractivity (Wildman–Crippen MR) is 228 cm³/mol. The van der Waals surface area contributed by atoms with Gasteiger partial charge in [-0.05, 0) is 78.9 Å². The molecule has 0 aliphatic heterocycles. The molecular formula is C51H40N4O4. The van der Waals surface area contributed by atoms with Crippen molar-refractivity contribution in [2.45, 2.75) is 43.9 Å². The second-order valence-corrected chi connectivity index (χ2v) is 15.9. The zero-order valence-electron chi connectivity index (χ0n) is 32.7. The average molecular weight is 773 g/mol. The molecule has 0 fully saturated rings. The molecule has 4 unspecified atom stereocenters. The molecule has 2 aliphatic rings. The molecule has 0 amide bonds. The van der Waals surface area contributed by atoms with E-state index in [9.17, 15) is 9.59 Å². The van der Waals surface area contributed by atoms with Gasteiger partial charge in [0.15, 0.2) is 0 Å². The Bertz CT molecular complexity index is 2720. The van der Waals surface area contributed by atoms with Crippen molar-refractivity contribution in [2.24, 2.45) is 11.8 Å². The molecule has 2 heterocycles. The number of nitrogens with zero attached hydrogens (tertiary/aromatic N) is 4. The highest BCUT2D eigenvalue weighted by Crippen LogP contribution is 2.62. The minimum absolute atomic E-state index is 0.345. The van der Waals surface area contributed by atoms with Gasteiger partial charge in [-0.1, -0.05) is 123 Å². The van der Waals surface area contributed by atoms with Crippen LogP contribution in [0.15, 0.2) is 158 Å². The molecule has 0 bridgehead atoms. The van der Waals surface area contributed by atoms with Gasteiger partial charge in [0.1, 0.15) is 11.5 Å². The van der Waals surface area contributed by atoms with Crippen molar-refractivity contribution < 1.29 is 19.1 Å². The van der Waals surface area contributed by atoms with E-state index < -0.39 is 22.7 Å². The predicted octanol–water partition coefficient (Wildman–Crippen LogP) is 10.5. The summed E-state index contributed by atoms with van der Waals surface area (Å²) in [5.74, 6) is -0.888. The molecular weight excluding hydrogens is 733 g/mol. The van der Waals surface area contributed by atoms with E-state index >= 15 is 0 Å². The molecule has 2 aromatic heterocycles. The van der Waals surface area contributed by atoms with Crippen molar-refractivity contribution in [2.75, 3.05) is 0 Å². The maximum Gasteiger partial charge on any atom is 0.314 e. The van der Waals surface area contributed by atoms with Crippen molar-refractivity contribution in [1.82, 2.24) is 19.9 Å². The van der Waals surface area contributed by atoms with Crippen molar-refractivity contribution in [1.29, 1.82) is 0 Å². The van der Waals surface area contributed by atoms with E-state index in [4.69, 9.17) is 29.4 Å². The van der Waals surface area contributed by atoms with Gasteiger partial charge >= 0.3 is 11.9 Å². The van der Waals surface area contributed by atoms with E-state index in [1.54, 1.807) is 24.3 Å². The number of fused-ring (bicyclic) bond motifs is 8. The van der Waals surface area contributed by atoms with Crippen molar-refractivity contribution in [3.63, 3.8) is 0 Å². The zero-order valence-corrected chi connectivity index (χ0v) is 32.7. The summed E-state index contributed by atoms with van der Waals surface area (Å²) < 4.78 is 12.1. The molecule has 288 valence electrons. The number of rotatable bonds is 10. The summed E-state index contributed by atoms with van der Waals surface area (Å²) in [6.07, 6.45) is 1.09. The van der Waals surface area contributed by atoms with Crippen LogP contribution < -0.4 is 9.47 Å². The largest absolute Gasteiger partial charge is 0.426 e. The van der Waals surface area contributed by atoms with Gasteiger partial charge in [-0.3, -0.25) is 9.59 Å². The van der Waals surface area contributed by atoms with Gasteiger partial charge in [-0.25, -0.2) is 19.9 Å². The molecule has 59 heavy (non-hydrogen) atoms. The van der Waals surface area contributed by atoms with Gasteiger partial charge in [0.05, 0.1) is 56.7 Å². The van der Waals surface area contributed by atoms with Crippen LogP contribution >= 0.6 is 0 Å². The van der Waals surface area contributed by atoms with Gasteiger partial charge in [0, 0.05) is 22.0 Å². The van der Waals surface area contributed by atoms with Crippen LogP contribution in [-0.4, -0.2) is 31.9 Å². The molecule has 8 aromatic rings. The normalized spacial score (nSPS) is 18.3. The fourth-order valence-corrected chi connectivity index (χ4v) is 9.57. The van der Waals surface area contributed by atoms with Gasteiger partial charge in [0.2, 0.25) is 0 Å². The third kappa shape index (κ3) is 6.14. The fourth-order valence-electron chi connectivity index (χ4n) is 9.57. The summed E-state index contributed by atoms with van der Waals surface area (Å²) in [5.41, 5.74) is 8.37. The number of hydrogen-bond donors (Lipinski definition) is 0. The lowest BCUT2D eigenvalue weighted by molar-refractivity contribution is -0.139. The third-order valence-electron chi connectivity index (χ3n) is 12.1. The first-order chi connectivity index (χ1) is 28.8. The summed E-state index contributed by atoms with van der Waals surface area (Å²) in [5, 5.41) is 0. The van der Waals surface area contributed by atoms with E-state index in [0.717, 1.165) is 67.1 Å². The number of hydrogen-bond acceptors (Lipinski definition) is 8. The van der Waals surface area contributed by atoms with E-state index in [0.29, 0.717) is 30.8 Å². The van der Waals surface area contributed by atoms with Crippen LogP contribution in [0, 0.1) is 11.8 Å². The molecule has 6 aromatic carbocycles. The Balaban J connectivity index is 1.21. The Hall–Kier alpha value is -7.06. The van der Waals surface area contributed by atoms with Crippen molar-refractivity contribution in [3.8, 4) is 34.0 Å². The third-order valence-corrected chi connectivity index (χ3v) is 12.1. The van der Waals surface area contributed by atoms with Gasteiger partial charge < -0.3 is 9.47 Å². The summed E-state index contributed by atoms with van der Waals surface area (Å²) in [7, 11) is 0. The number of carbonyl (C=O) groups is 2. The molecule has 10 rings (SSSR count). The first-order valence-corrected chi connectivity index (χ1v) is 20.1. The Morgan fingerprint density at radius 2 is 0.797 bits per heavy atom. The maximum absolute atomic E-state index is 14.2. The van der Waals surface area contributed by atoms with E-state index in [2.05, 4.69) is 24.3 Å². The van der Waals surface area contributed by atoms with Gasteiger partial charge in [-0.2, -0.15) is 0 Å². The van der Waals surface area contributed by atoms with Crippen LogP contribution in [0.2, 0.25) is 0 Å². The number of aromatic nitrogens is 4. The summed E-state index contributed by atoms with van der Waals surface area (Å²) >= 11 is 0. The van der Waals surface area contributed by atoms with Crippen molar-refractivity contribution >= 4 is 34.0 Å². The van der Waals surface area contributed by atoms with Crippen LogP contribution in [0.1, 0.15) is 55.6 Å². The number of ether oxygens (including phenoxy) is 2. The minimum Gasteiger partial charge on any atom is -0.426 e. The van der Waals surface area contributed by atoms with Crippen LogP contribution in [-0.2, 0) is 20.4 Å². The monoisotopic (exact) mass is 772 g/mol. The molecule has 4 atom stereocenters. The summed E-state index contributed by atoms with van der Waals surface area (Å²) in [4.78, 5) is 50.0. The Labute approximate surface area is 342 Å². The molecule has 8 nitrogen and oxygen atoms in total. The number of benzene rings is 6. The molecule has 0 radical (unpaired) electrons. The molecule has 8 heteroatoms. The highest BCUT2D eigenvalue weighted by molar-refractivity contribution is 5.88. The van der Waals surface area contributed by atoms with Crippen LogP contribution in [0.25, 0.3) is 44.6 Å². The van der Waals surface area contributed by atoms with Gasteiger partial charge in [0.25, 0.3) is 0 Å². The number of para-hydroxylation sites is 6. The molecule has 0 N–H and O–H groups in total. The smallest absolute Gasteiger partial charge is 0.314 e. The van der Waals surface area contributed by atoms with Crippen LogP contribution in [0.3, 0.4) is 0 Å². The zero-order chi connectivity index (χ0) is 40.1. The summed E-state index contributed by atoms with van der Waals surface area (Å²) in [6, 6.07) is 50.8. The highest BCUT2D eigenvalue weighted by Gasteiger charge is 2.57. The second-order valence-electron chi connectivity index (χ2n) is 15.9. The highest BCUT2D eigenvalue weighted by atomic mass is 16.5. The fraction of sp³-hybridized carbons (Fsp3) is 0.176. The number of carbonyl (C=O) groups excluding carboxylic acids is 2.